The Morgan fingerprint density at radius 2 is 1.88 bits per heavy atom. The van der Waals surface area contributed by atoms with Crippen molar-refractivity contribution in [3.05, 3.63) is 0 Å². The second kappa shape index (κ2) is 5.85. The van der Waals surface area contributed by atoms with Crippen LogP contribution in [0.25, 0.3) is 0 Å². The molecule has 2 saturated carbocycles. The maximum atomic E-state index is 11.6. The zero-order chi connectivity index (χ0) is 12.3. The normalized spacial score (nSPS) is 33.4. The molecule has 2 N–H and O–H groups in total. The Hall–Kier alpha value is -0.570. The Morgan fingerprint density at radius 1 is 1.12 bits per heavy atom. The largest absolute Gasteiger partial charge is 0.355 e. The Bertz CT molecular complexity index is 263. The van der Waals surface area contributed by atoms with Gasteiger partial charge in [0.1, 0.15) is 0 Å². The standard InChI is InChI=1S/C14H26N2O/c1-10-3-6-13(7-11(10)2)15-9-14(17)16-8-12-4-5-12/h10-13,15H,3-9H2,1-2H3,(H,16,17). The monoisotopic (exact) mass is 238 g/mol. The third-order valence-electron chi connectivity index (χ3n) is 4.43. The fourth-order valence-electron chi connectivity index (χ4n) is 2.61. The highest BCUT2D eigenvalue weighted by Crippen LogP contribution is 2.29. The Balaban J connectivity index is 1.58. The van der Waals surface area contributed by atoms with Crippen molar-refractivity contribution in [1.29, 1.82) is 0 Å². The summed E-state index contributed by atoms with van der Waals surface area (Å²) < 4.78 is 0. The summed E-state index contributed by atoms with van der Waals surface area (Å²) in [5.41, 5.74) is 0. The lowest BCUT2D eigenvalue weighted by molar-refractivity contribution is -0.120. The third kappa shape index (κ3) is 4.30. The van der Waals surface area contributed by atoms with E-state index in [1.54, 1.807) is 0 Å². The summed E-state index contributed by atoms with van der Waals surface area (Å²) in [5, 5.41) is 6.41. The molecule has 2 rings (SSSR count). The first kappa shape index (κ1) is 12.9. The van der Waals surface area contributed by atoms with E-state index in [0.717, 1.165) is 24.3 Å². The predicted octanol–water partition coefficient (Wildman–Crippen LogP) is 1.93. The lowest BCUT2D eigenvalue weighted by Crippen LogP contribution is -2.42. The number of carbonyl (C=O) groups is 1. The number of carbonyl (C=O) groups excluding carboxylic acids is 1. The van der Waals surface area contributed by atoms with Crippen LogP contribution in [-0.2, 0) is 4.79 Å². The molecule has 1 amide bonds. The summed E-state index contributed by atoms with van der Waals surface area (Å²) >= 11 is 0. The highest BCUT2D eigenvalue weighted by Gasteiger charge is 2.25. The highest BCUT2D eigenvalue weighted by molar-refractivity contribution is 5.78. The summed E-state index contributed by atoms with van der Waals surface area (Å²) in [7, 11) is 0. The third-order valence-corrected chi connectivity index (χ3v) is 4.43. The van der Waals surface area contributed by atoms with Crippen molar-refractivity contribution < 1.29 is 4.79 Å². The average molecular weight is 238 g/mol. The van der Waals surface area contributed by atoms with E-state index in [2.05, 4.69) is 24.5 Å². The van der Waals surface area contributed by atoms with E-state index >= 15 is 0 Å². The van der Waals surface area contributed by atoms with Crippen molar-refractivity contribution in [3.8, 4) is 0 Å². The van der Waals surface area contributed by atoms with Gasteiger partial charge in [-0.15, -0.1) is 0 Å². The molecule has 3 heteroatoms. The molecule has 0 aromatic carbocycles. The van der Waals surface area contributed by atoms with Crippen LogP contribution in [0.1, 0.15) is 46.0 Å². The van der Waals surface area contributed by atoms with Crippen LogP contribution in [0.15, 0.2) is 0 Å². The molecule has 0 aliphatic heterocycles. The fraction of sp³-hybridized carbons (Fsp3) is 0.929. The number of nitrogens with one attached hydrogen (secondary N) is 2. The summed E-state index contributed by atoms with van der Waals surface area (Å²) in [4.78, 5) is 11.6. The molecule has 0 aromatic rings. The van der Waals surface area contributed by atoms with Crippen LogP contribution in [0.5, 0.6) is 0 Å². The summed E-state index contributed by atoms with van der Waals surface area (Å²) in [6.07, 6.45) is 6.33. The second-order valence-corrected chi connectivity index (χ2v) is 6.09. The van der Waals surface area contributed by atoms with E-state index in [1.807, 2.05) is 0 Å². The van der Waals surface area contributed by atoms with Crippen LogP contribution in [0.4, 0.5) is 0 Å². The topological polar surface area (TPSA) is 41.1 Å². The van der Waals surface area contributed by atoms with Crippen LogP contribution < -0.4 is 10.6 Å². The minimum Gasteiger partial charge on any atom is -0.355 e. The molecular formula is C14H26N2O. The lowest BCUT2D eigenvalue weighted by Gasteiger charge is -2.32. The number of hydrogen-bond acceptors (Lipinski definition) is 2. The van der Waals surface area contributed by atoms with Gasteiger partial charge in [0.15, 0.2) is 0 Å². The summed E-state index contributed by atoms with van der Waals surface area (Å²) in [6.45, 7) is 6.05. The van der Waals surface area contributed by atoms with Crippen molar-refractivity contribution in [2.45, 2.75) is 52.0 Å². The first-order chi connectivity index (χ1) is 8.15. The van der Waals surface area contributed by atoms with Crippen molar-refractivity contribution in [3.63, 3.8) is 0 Å². The van der Waals surface area contributed by atoms with Gasteiger partial charge < -0.3 is 10.6 Å². The fourth-order valence-corrected chi connectivity index (χ4v) is 2.61. The van der Waals surface area contributed by atoms with Gasteiger partial charge in [-0.2, -0.15) is 0 Å². The molecule has 3 atom stereocenters. The lowest BCUT2D eigenvalue weighted by atomic mass is 9.79. The van der Waals surface area contributed by atoms with Crippen LogP contribution in [-0.4, -0.2) is 25.0 Å². The maximum absolute atomic E-state index is 11.6. The Morgan fingerprint density at radius 3 is 2.53 bits per heavy atom. The van der Waals surface area contributed by atoms with Crippen LogP contribution in [0, 0.1) is 17.8 Å². The molecule has 3 unspecified atom stereocenters. The average Bonchev–Trinajstić information content (AvgIpc) is 3.12. The molecule has 3 nitrogen and oxygen atoms in total. The SMILES string of the molecule is CC1CCC(NCC(=O)NCC2CC2)CC1C. The summed E-state index contributed by atoms with van der Waals surface area (Å²) in [6, 6.07) is 0.549. The molecule has 0 aromatic heterocycles. The van der Waals surface area contributed by atoms with Gasteiger partial charge >= 0.3 is 0 Å². The quantitative estimate of drug-likeness (QED) is 0.768. The van der Waals surface area contributed by atoms with Crippen LogP contribution in [0.3, 0.4) is 0 Å². The van der Waals surface area contributed by atoms with Crippen LogP contribution >= 0.6 is 0 Å². The van der Waals surface area contributed by atoms with Gasteiger partial charge in [0.2, 0.25) is 5.91 Å². The smallest absolute Gasteiger partial charge is 0.233 e. The van der Waals surface area contributed by atoms with Crippen molar-refractivity contribution >= 4 is 5.91 Å². The van der Waals surface area contributed by atoms with E-state index in [1.165, 1.54) is 32.1 Å². The Kier molecular flexibility index (Phi) is 4.43. The molecule has 0 radical (unpaired) electrons. The van der Waals surface area contributed by atoms with Gasteiger partial charge in [-0.05, 0) is 49.9 Å². The molecule has 0 heterocycles. The number of hydrogen-bond donors (Lipinski definition) is 2. The van der Waals surface area contributed by atoms with Gasteiger partial charge in [0.05, 0.1) is 6.54 Å². The van der Waals surface area contributed by atoms with Gasteiger partial charge in [-0.25, -0.2) is 0 Å². The van der Waals surface area contributed by atoms with Gasteiger partial charge in [0.25, 0.3) is 0 Å². The van der Waals surface area contributed by atoms with Crippen molar-refractivity contribution in [1.82, 2.24) is 10.6 Å². The second-order valence-electron chi connectivity index (χ2n) is 6.09. The van der Waals surface area contributed by atoms with E-state index in [-0.39, 0.29) is 5.91 Å². The zero-order valence-corrected chi connectivity index (χ0v) is 11.2. The van der Waals surface area contributed by atoms with Gasteiger partial charge in [0, 0.05) is 12.6 Å². The Labute approximate surface area is 105 Å². The highest BCUT2D eigenvalue weighted by atomic mass is 16.1. The van der Waals surface area contributed by atoms with E-state index in [4.69, 9.17) is 0 Å². The predicted molar refractivity (Wildman–Crippen MR) is 69.7 cm³/mol. The van der Waals surface area contributed by atoms with Crippen LogP contribution in [0.2, 0.25) is 0 Å². The number of amides is 1. The maximum Gasteiger partial charge on any atom is 0.233 e. The summed E-state index contributed by atoms with van der Waals surface area (Å²) in [5.74, 6) is 2.57. The molecule has 98 valence electrons. The van der Waals surface area contributed by atoms with Crippen molar-refractivity contribution in [2.24, 2.45) is 17.8 Å². The van der Waals surface area contributed by atoms with E-state index < -0.39 is 0 Å². The molecule has 2 aliphatic rings. The minimum absolute atomic E-state index is 0.170. The van der Waals surface area contributed by atoms with E-state index in [9.17, 15) is 4.79 Å². The first-order valence-electron chi connectivity index (χ1n) is 7.15. The van der Waals surface area contributed by atoms with Gasteiger partial charge in [-0.1, -0.05) is 13.8 Å². The molecular weight excluding hydrogens is 212 g/mol. The molecule has 0 saturated heterocycles. The molecule has 0 spiro atoms. The first-order valence-corrected chi connectivity index (χ1v) is 7.15. The number of rotatable bonds is 5. The molecule has 17 heavy (non-hydrogen) atoms. The van der Waals surface area contributed by atoms with Crippen molar-refractivity contribution in [2.75, 3.05) is 13.1 Å². The molecule has 2 fully saturated rings. The minimum atomic E-state index is 0.170. The van der Waals surface area contributed by atoms with E-state index in [0.29, 0.717) is 12.6 Å². The molecule has 2 aliphatic carbocycles. The zero-order valence-electron chi connectivity index (χ0n) is 11.2. The van der Waals surface area contributed by atoms with Gasteiger partial charge in [-0.3, -0.25) is 4.79 Å². The molecule has 0 bridgehead atoms.